The molecule has 1 saturated carbocycles. The Morgan fingerprint density at radius 1 is 1.05 bits per heavy atom. The van der Waals surface area contributed by atoms with Gasteiger partial charge in [0.25, 0.3) is 0 Å². The van der Waals surface area contributed by atoms with E-state index in [0.717, 1.165) is 18.5 Å². The fraction of sp³-hybridized carbons (Fsp3) is 0.438. The highest BCUT2D eigenvalue weighted by molar-refractivity contribution is 5.33. The summed E-state index contributed by atoms with van der Waals surface area (Å²) in [5.74, 6) is 0.542. The van der Waals surface area contributed by atoms with Gasteiger partial charge in [0.05, 0.1) is 5.69 Å². The average molecular weight is 255 g/mol. The second-order valence-corrected chi connectivity index (χ2v) is 5.48. The van der Waals surface area contributed by atoms with E-state index >= 15 is 0 Å². The molecule has 0 spiro atoms. The number of hydrogen-bond acceptors (Lipinski definition) is 2. The lowest BCUT2D eigenvalue weighted by atomic mass is 9.95. The van der Waals surface area contributed by atoms with Gasteiger partial charge in [-0.3, -0.25) is 0 Å². The van der Waals surface area contributed by atoms with Gasteiger partial charge in [0, 0.05) is 23.9 Å². The van der Waals surface area contributed by atoms with Gasteiger partial charge in [0.15, 0.2) is 0 Å². The molecule has 1 fully saturated rings. The summed E-state index contributed by atoms with van der Waals surface area (Å²) in [6, 6.07) is 12.8. The van der Waals surface area contributed by atoms with Gasteiger partial charge in [-0.25, -0.2) is 4.68 Å². The molecule has 2 unspecified atom stereocenters. The van der Waals surface area contributed by atoms with Gasteiger partial charge in [-0.1, -0.05) is 31.0 Å². The minimum Gasteiger partial charge on any atom is -0.328 e. The maximum atomic E-state index is 6.19. The van der Waals surface area contributed by atoms with Gasteiger partial charge in [-0.2, -0.15) is 5.10 Å². The SMILES string of the molecule is NC1CCCCC(c2ccnn2-c2ccccc2)C1. The Morgan fingerprint density at radius 2 is 1.84 bits per heavy atom. The molecule has 2 atom stereocenters. The highest BCUT2D eigenvalue weighted by Crippen LogP contribution is 2.32. The summed E-state index contributed by atoms with van der Waals surface area (Å²) in [5, 5.41) is 4.49. The minimum absolute atomic E-state index is 0.339. The van der Waals surface area contributed by atoms with Crippen molar-refractivity contribution < 1.29 is 0 Å². The third-order valence-electron chi connectivity index (χ3n) is 4.06. The molecule has 100 valence electrons. The number of aromatic nitrogens is 2. The predicted octanol–water partition coefficient (Wildman–Crippen LogP) is 3.25. The molecule has 19 heavy (non-hydrogen) atoms. The van der Waals surface area contributed by atoms with Crippen molar-refractivity contribution in [3.63, 3.8) is 0 Å². The Morgan fingerprint density at radius 3 is 2.68 bits per heavy atom. The van der Waals surface area contributed by atoms with Crippen LogP contribution in [0.2, 0.25) is 0 Å². The van der Waals surface area contributed by atoms with Crippen LogP contribution in [0.3, 0.4) is 0 Å². The smallest absolute Gasteiger partial charge is 0.0648 e. The summed E-state index contributed by atoms with van der Waals surface area (Å²) in [5.41, 5.74) is 8.64. The molecular formula is C16H21N3. The van der Waals surface area contributed by atoms with E-state index < -0.39 is 0 Å². The van der Waals surface area contributed by atoms with E-state index in [0.29, 0.717) is 12.0 Å². The van der Waals surface area contributed by atoms with Gasteiger partial charge in [-0.15, -0.1) is 0 Å². The predicted molar refractivity (Wildman–Crippen MR) is 77.4 cm³/mol. The Labute approximate surface area is 114 Å². The molecule has 1 aliphatic rings. The lowest BCUT2D eigenvalue weighted by molar-refractivity contribution is 0.515. The first-order chi connectivity index (χ1) is 9.34. The van der Waals surface area contributed by atoms with Crippen molar-refractivity contribution in [2.45, 2.75) is 44.1 Å². The van der Waals surface area contributed by atoms with Crippen LogP contribution in [0.5, 0.6) is 0 Å². The topological polar surface area (TPSA) is 43.8 Å². The largest absolute Gasteiger partial charge is 0.328 e. The Kier molecular flexibility index (Phi) is 3.65. The van der Waals surface area contributed by atoms with Crippen LogP contribution < -0.4 is 5.73 Å². The zero-order valence-corrected chi connectivity index (χ0v) is 11.2. The van der Waals surface area contributed by atoms with Crippen molar-refractivity contribution in [2.24, 2.45) is 5.73 Å². The standard InChI is InChI=1S/C16H21N3/c17-14-7-5-4-6-13(12-14)16-10-11-18-19(16)15-8-2-1-3-9-15/h1-3,8-11,13-14H,4-7,12,17H2. The van der Waals surface area contributed by atoms with E-state index in [-0.39, 0.29) is 0 Å². The van der Waals surface area contributed by atoms with Crippen LogP contribution in [0.1, 0.15) is 43.7 Å². The van der Waals surface area contributed by atoms with Crippen LogP contribution in [-0.2, 0) is 0 Å². The summed E-state index contributed by atoms with van der Waals surface area (Å²) in [7, 11) is 0. The molecule has 2 N–H and O–H groups in total. The van der Waals surface area contributed by atoms with Crippen LogP contribution in [0.4, 0.5) is 0 Å². The molecule has 3 heteroatoms. The van der Waals surface area contributed by atoms with Crippen molar-refractivity contribution in [3.05, 3.63) is 48.3 Å². The minimum atomic E-state index is 0.339. The molecule has 1 heterocycles. The molecule has 1 aromatic carbocycles. The lowest BCUT2D eigenvalue weighted by Gasteiger charge is -2.18. The van der Waals surface area contributed by atoms with Gasteiger partial charge >= 0.3 is 0 Å². The molecule has 0 amide bonds. The van der Waals surface area contributed by atoms with Gasteiger partial charge in [0.1, 0.15) is 0 Å². The molecular weight excluding hydrogens is 234 g/mol. The molecule has 2 aromatic rings. The third-order valence-corrected chi connectivity index (χ3v) is 4.06. The number of para-hydroxylation sites is 1. The molecule has 1 aliphatic carbocycles. The molecule has 0 radical (unpaired) electrons. The van der Waals surface area contributed by atoms with Crippen molar-refractivity contribution in [1.29, 1.82) is 0 Å². The fourth-order valence-corrected chi connectivity index (χ4v) is 3.07. The monoisotopic (exact) mass is 255 g/mol. The summed E-state index contributed by atoms with van der Waals surface area (Å²) in [6.07, 6.45) is 7.91. The van der Waals surface area contributed by atoms with Crippen LogP contribution in [0, 0.1) is 0 Å². The van der Waals surface area contributed by atoms with Crippen molar-refractivity contribution in [3.8, 4) is 5.69 Å². The van der Waals surface area contributed by atoms with E-state index in [2.05, 4.69) is 40.1 Å². The molecule has 3 nitrogen and oxygen atoms in total. The molecule has 0 aliphatic heterocycles. The maximum Gasteiger partial charge on any atom is 0.0648 e. The number of nitrogens with two attached hydrogens (primary N) is 1. The molecule has 1 aromatic heterocycles. The van der Waals surface area contributed by atoms with Crippen molar-refractivity contribution >= 4 is 0 Å². The number of nitrogens with zero attached hydrogens (tertiary/aromatic N) is 2. The van der Waals surface area contributed by atoms with Crippen LogP contribution in [-0.4, -0.2) is 15.8 Å². The van der Waals surface area contributed by atoms with E-state index in [9.17, 15) is 0 Å². The molecule has 3 rings (SSSR count). The van der Waals surface area contributed by atoms with E-state index in [1.54, 1.807) is 0 Å². The van der Waals surface area contributed by atoms with Gasteiger partial charge in [-0.05, 0) is 37.5 Å². The quantitative estimate of drug-likeness (QED) is 0.837. The second-order valence-electron chi connectivity index (χ2n) is 5.48. The zero-order chi connectivity index (χ0) is 13.1. The molecule has 0 bridgehead atoms. The van der Waals surface area contributed by atoms with E-state index in [1.165, 1.54) is 25.0 Å². The normalized spacial score (nSPS) is 24.1. The van der Waals surface area contributed by atoms with E-state index in [4.69, 9.17) is 5.73 Å². The Bertz CT molecular complexity index is 518. The highest BCUT2D eigenvalue weighted by Gasteiger charge is 2.22. The van der Waals surface area contributed by atoms with Crippen LogP contribution in [0.15, 0.2) is 42.6 Å². The number of benzene rings is 1. The van der Waals surface area contributed by atoms with Gasteiger partial charge in [0.2, 0.25) is 0 Å². The molecule has 0 saturated heterocycles. The summed E-state index contributed by atoms with van der Waals surface area (Å²) in [6.45, 7) is 0. The average Bonchev–Trinajstić information content (AvgIpc) is 2.83. The maximum absolute atomic E-state index is 6.19. The first-order valence-corrected chi connectivity index (χ1v) is 7.19. The number of rotatable bonds is 2. The van der Waals surface area contributed by atoms with Gasteiger partial charge < -0.3 is 5.73 Å². The fourth-order valence-electron chi connectivity index (χ4n) is 3.07. The van der Waals surface area contributed by atoms with Crippen molar-refractivity contribution in [2.75, 3.05) is 0 Å². The Hall–Kier alpha value is -1.61. The third kappa shape index (κ3) is 2.71. The first kappa shape index (κ1) is 12.4. The summed E-state index contributed by atoms with van der Waals surface area (Å²) >= 11 is 0. The number of hydrogen-bond donors (Lipinski definition) is 1. The zero-order valence-electron chi connectivity index (χ0n) is 11.2. The lowest BCUT2D eigenvalue weighted by Crippen LogP contribution is -2.21. The van der Waals surface area contributed by atoms with E-state index in [1.807, 2.05) is 12.3 Å². The second kappa shape index (κ2) is 5.57. The van der Waals surface area contributed by atoms with Crippen LogP contribution >= 0.6 is 0 Å². The van der Waals surface area contributed by atoms with Crippen LogP contribution in [0.25, 0.3) is 5.69 Å². The first-order valence-electron chi connectivity index (χ1n) is 7.19. The Balaban J connectivity index is 1.91. The summed E-state index contributed by atoms with van der Waals surface area (Å²) in [4.78, 5) is 0. The summed E-state index contributed by atoms with van der Waals surface area (Å²) < 4.78 is 2.07. The van der Waals surface area contributed by atoms with Crippen molar-refractivity contribution in [1.82, 2.24) is 9.78 Å². The highest BCUT2D eigenvalue weighted by atomic mass is 15.3.